The van der Waals surface area contributed by atoms with Gasteiger partial charge in [0.25, 0.3) is 11.8 Å². The molecule has 1 aromatic heterocycles. The molecule has 3 rings (SSSR count). The number of carbonyl (C=O) groups excluding carboxylic acids is 2. The molecule has 29 heavy (non-hydrogen) atoms. The van der Waals surface area contributed by atoms with Crippen molar-refractivity contribution in [2.45, 2.75) is 26.7 Å². The van der Waals surface area contributed by atoms with Gasteiger partial charge in [-0.3, -0.25) is 14.6 Å². The maximum Gasteiger partial charge on any atom is 0.259 e. The summed E-state index contributed by atoms with van der Waals surface area (Å²) in [5, 5.41) is 3.02. The molecule has 0 atom stereocenters. The van der Waals surface area contributed by atoms with Crippen LogP contribution in [0.3, 0.4) is 0 Å². The van der Waals surface area contributed by atoms with E-state index in [0.717, 1.165) is 35.3 Å². The molecule has 2 amide bonds. The molecule has 1 N–H and O–H groups in total. The second kappa shape index (κ2) is 9.15. The quantitative estimate of drug-likeness (QED) is 0.665. The van der Waals surface area contributed by atoms with E-state index in [1.165, 1.54) is 12.4 Å². The van der Waals surface area contributed by atoms with Gasteiger partial charge in [-0.1, -0.05) is 50.2 Å². The van der Waals surface area contributed by atoms with Gasteiger partial charge in [-0.05, 0) is 42.2 Å². The molecule has 5 heteroatoms. The van der Waals surface area contributed by atoms with E-state index in [4.69, 9.17) is 0 Å². The molecule has 0 saturated carbocycles. The third-order valence-corrected chi connectivity index (χ3v) is 4.93. The number of nitrogens with one attached hydrogen (secondary N) is 1. The van der Waals surface area contributed by atoms with Crippen LogP contribution in [0.15, 0.2) is 67.0 Å². The summed E-state index contributed by atoms with van der Waals surface area (Å²) < 4.78 is 0. The normalized spacial score (nSPS) is 10.4. The van der Waals surface area contributed by atoms with Crippen molar-refractivity contribution >= 4 is 23.2 Å². The van der Waals surface area contributed by atoms with E-state index in [1.54, 1.807) is 18.0 Å². The van der Waals surface area contributed by atoms with E-state index in [1.807, 2.05) is 48.5 Å². The van der Waals surface area contributed by atoms with Crippen LogP contribution in [0.25, 0.3) is 0 Å². The molecule has 0 spiro atoms. The Balaban J connectivity index is 1.85. The van der Waals surface area contributed by atoms with Crippen molar-refractivity contribution in [2.75, 3.05) is 17.3 Å². The zero-order valence-corrected chi connectivity index (χ0v) is 17.0. The molecule has 2 aromatic carbocycles. The number of nitrogens with zero attached hydrogens (tertiary/aromatic N) is 2. The van der Waals surface area contributed by atoms with Crippen LogP contribution in [0.2, 0.25) is 0 Å². The lowest BCUT2D eigenvalue weighted by Gasteiger charge is -2.18. The Hall–Kier alpha value is -3.47. The van der Waals surface area contributed by atoms with E-state index in [-0.39, 0.29) is 11.8 Å². The summed E-state index contributed by atoms with van der Waals surface area (Å²) in [6.45, 7) is 4.12. The Labute approximate surface area is 171 Å². The van der Waals surface area contributed by atoms with Crippen molar-refractivity contribution in [3.63, 3.8) is 0 Å². The maximum atomic E-state index is 12.9. The van der Waals surface area contributed by atoms with Crippen molar-refractivity contribution in [3.05, 3.63) is 89.2 Å². The number of carbonyl (C=O) groups is 2. The number of amides is 2. The third kappa shape index (κ3) is 4.51. The number of aromatic nitrogens is 1. The second-order valence-corrected chi connectivity index (χ2v) is 6.77. The Morgan fingerprint density at radius 3 is 2.14 bits per heavy atom. The van der Waals surface area contributed by atoms with Gasteiger partial charge in [0, 0.05) is 30.8 Å². The Kier molecular flexibility index (Phi) is 6.39. The van der Waals surface area contributed by atoms with E-state index >= 15 is 0 Å². The first kappa shape index (κ1) is 20.3. The van der Waals surface area contributed by atoms with Crippen LogP contribution in [0, 0.1) is 0 Å². The fourth-order valence-corrected chi connectivity index (χ4v) is 3.23. The molecule has 0 fully saturated rings. The molecule has 0 bridgehead atoms. The first-order valence-corrected chi connectivity index (χ1v) is 9.75. The van der Waals surface area contributed by atoms with Crippen LogP contribution in [-0.4, -0.2) is 23.8 Å². The number of anilines is 2. The number of benzene rings is 2. The predicted molar refractivity (Wildman–Crippen MR) is 117 cm³/mol. The topological polar surface area (TPSA) is 62.3 Å². The smallest absolute Gasteiger partial charge is 0.259 e. The highest BCUT2D eigenvalue weighted by molar-refractivity contribution is 6.09. The minimum absolute atomic E-state index is 0.221. The van der Waals surface area contributed by atoms with Crippen LogP contribution < -0.4 is 10.2 Å². The fraction of sp³-hybridized carbons (Fsp3) is 0.208. The lowest BCUT2D eigenvalue weighted by Crippen LogP contribution is -2.26. The number of aryl methyl sites for hydroxylation is 2. The molecule has 3 aromatic rings. The molecule has 0 aliphatic heterocycles. The number of rotatable bonds is 6. The maximum absolute atomic E-state index is 12.9. The lowest BCUT2D eigenvalue weighted by atomic mass is 10.0. The summed E-state index contributed by atoms with van der Waals surface area (Å²) in [6, 6.07) is 17.0. The summed E-state index contributed by atoms with van der Waals surface area (Å²) >= 11 is 0. The van der Waals surface area contributed by atoms with Gasteiger partial charge >= 0.3 is 0 Å². The zero-order valence-electron chi connectivity index (χ0n) is 17.0. The second-order valence-electron chi connectivity index (χ2n) is 6.77. The van der Waals surface area contributed by atoms with Gasteiger partial charge in [-0.15, -0.1) is 0 Å². The average molecular weight is 387 g/mol. The van der Waals surface area contributed by atoms with Gasteiger partial charge in [0.1, 0.15) is 0 Å². The third-order valence-electron chi connectivity index (χ3n) is 4.93. The number of hydrogen-bond donors (Lipinski definition) is 1. The number of para-hydroxylation sites is 2. The average Bonchev–Trinajstić information content (AvgIpc) is 2.78. The Bertz CT molecular complexity index is 993. The summed E-state index contributed by atoms with van der Waals surface area (Å²) in [6.07, 6.45) is 4.61. The summed E-state index contributed by atoms with van der Waals surface area (Å²) in [5.41, 5.74) is 4.51. The van der Waals surface area contributed by atoms with Gasteiger partial charge < -0.3 is 10.2 Å². The van der Waals surface area contributed by atoms with Gasteiger partial charge in [0.05, 0.1) is 11.1 Å². The fourth-order valence-electron chi connectivity index (χ4n) is 3.23. The van der Waals surface area contributed by atoms with Crippen molar-refractivity contribution in [1.29, 1.82) is 0 Å². The van der Waals surface area contributed by atoms with Gasteiger partial charge in [-0.25, -0.2) is 0 Å². The monoisotopic (exact) mass is 387 g/mol. The van der Waals surface area contributed by atoms with E-state index in [0.29, 0.717) is 11.1 Å². The molecule has 0 unspecified atom stereocenters. The largest absolute Gasteiger partial charge is 0.321 e. The molecular weight excluding hydrogens is 362 g/mol. The van der Waals surface area contributed by atoms with Crippen LogP contribution in [0.5, 0.6) is 0 Å². The van der Waals surface area contributed by atoms with Crippen molar-refractivity contribution < 1.29 is 9.59 Å². The van der Waals surface area contributed by atoms with Crippen molar-refractivity contribution in [2.24, 2.45) is 0 Å². The van der Waals surface area contributed by atoms with Gasteiger partial charge in [0.15, 0.2) is 0 Å². The molecule has 0 saturated heterocycles. The summed E-state index contributed by atoms with van der Waals surface area (Å²) in [5.74, 6) is -0.494. The van der Waals surface area contributed by atoms with E-state index in [2.05, 4.69) is 24.1 Å². The molecular formula is C24H25N3O2. The highest BCUT2D eigenvalue weighted by Gasteiger charge is 2.17. The van der Waals surface area contributed by atoms with E-state index < -0.39 is 0 Å². The molecule has 5 nitrogen and oxygen atoms in total. The first-order valence-electron chi connectivity index (χ1n) is 9.75. The minimum Gasteiger partial charge on any atom is -0.321 e. The molecule has 0 radical (unpaired) electrons. The Morgan fingerprint density at radius 2 is 1.52 bits per heavy atom. The highest BCUT2D eigenvalue weighted by atomic mass is 16.2. The van der Waals surface area contributed by atoms with Gasteiger partial charge in [-0.2, -0.15) is 0 Å². The molecule has 0 aliphatic carbocycles. The zero-order chi connectivity index (χ0) is 20.8. The summed E-state index contributed by atoms with van der Waals surface area (Å²) in [4.78, 5) is 31.4. The summed E-state index contributed by atoms with van der Waals surface area (Å²) in [7, 11) is 1.70. The van der Waals surface area contributed by atoms with Crippen LogP contribution in [0.1, 0.15) is 45.7 Å². The van der Waals surface area contributed by atoms with Crippen molar-refractivity contribution in [1.82, 2.24) is 4.98 Å². The Morgan fingerprint density at radius 1 is 0.897 bits per heavy atom. The number of hydrogen-bond acceptors (Lipinski definition) is 3. The standard InChI is InChI=1S/C24H25N3O2/c1-4-17-10-9-11-18(5-2)22(17)26-23(28)19-14-20(16-25-15-19)24(29)27(3)21-12-7-6-8-13-21/h6-16H,4-5H2,1-3H3,(H,26,28). The van der Waals surface area contributed by atoms with Crippen LogP contribution >= 0.6 is 0 Å². The molecule has 0 aliphatic rings. The molecule has 148 valence electrons. The number of pyridine rings is 1. The predicted octanol–water partition coefficient (Wildman–Crippen LogP) is 4.74. The van der Waals surface area contributed by atoms with Crippen LogP contribution in [0.4, 0.5) is 11.4 Å². The van der Waals surface area contributed by atoms with Crippen molar-refractivity contribution in [3.8, 4) is 0 Å². The SMILES string of the molecule is CCc1cccc(CC)c1NC(=O)c1cncc(C(=O)N(C)c2ccccc2)c1. The minimum atomic E-state index is -0.273. The van der Waals surface area contributed by atoms with E-state index in [9.17, 15) is 9.59 Å². The van der Waals surface area contributed by atoms with Gasteiger partial charge in [0.2, 0.25) is 0 Å². The molecule has 1 heterocycles. The first-order chi connectivity index (χ1) is 14.0. The highest BCUT2D eigenvalue weighted by Crippen LogP contribution is 2.23. The van der Waals surface area contributed by atoms with Crippen LogP contribution in [-0.2, 0) is 12.8 Å². The lowest BCUT2D eigenvalue weighted by molar-refractivity contribution is 0.0992.